The van der Waals surface area contributed by atoms with Crippen molar-refractivity contribution in [2.75, 3.05) is 13.2 Å². The van der Waals surface area contributed by atoms with E-state index in [2.05, 4.69) is 5.32 Å². The van der Waals surface area contributed by atoms with Crippen molar-refractivity contribution < 1.29 is 28.7 Å². The van der Waals surface area contributed by atoms with Crippen LogP contribution in [0.15, 0.2) is 24.3 Å². The van der Waals surface area contributed by atoms with Crippen LogP contribution in [-0.4, -0.2) is 37.0 Å². The van der Waals surface area contributed by atoms with Gasteiger partial charge >= 0.3 is 11.9 Å². The first-order valence-electron chi connectivity index (χ1n) is 9.28. The third-order valence-electron chi connectivity index (χ3n) is 6.01. The monoisotopic (exact) mass is 371 g/mol. The molecule has 6 atom stereocenters. The molecule has 1 aromatic rings. The smallest absolute Gasteiger partial charge is 0.310 e. The molecule has 1 saturated carbocycles. The minimum Gasteiger partial charge on any atom is -0.466 e. The Morgan fingerprint density at radius 3 is 1.59 bits per heavy atom. The molecule has 0 radical (unpaired) electrons. The standard InChI is InChI=1S/C20H21NO6/c1-3-26-19(24)15-11-9-7-5-6-8-10(9)12(16(15)20(25)27-4-2)14-13(11)17(22)21-18(14)23/h5-8,11-16H,3-4H2,1-2H3,(H,21,22,23)/t11-,12+,13+,14-,15-,16-/m1/s1. The number of fused-ring (bicyclic) bond motifs is 1. The van der Waals surface area contributed by atoms with Gasteiger partial charge < -0.3 is 9.47 Å². The number of nitrogens with one attached hydrogen (secondary N) is 1. The summed E-state index contributed by atoms with van der Waals surface area (Å²) < 4.78 is 10.5. The van der Waals surface area contributed by atoms with Crippen molar-refractivity contribution in [3.8, 4) is 0 Å². The molecule has 0 spiro atoms. The first-order chi connectivity index (χ1) is 13.0. The van der Waals surface area contributed by atoms with Gasteiger partial charge in [0.05, 0.1) is 36.9 Å². The zero-order chi connectivity index (χ0) is 19.3. The Kier molecular flexibility index (Phi) is 4.25. The molecule has 2 fully saturated rings. The molecule has 5 rings (SSSR count). The summed E-state index contributed by atoms with van der Waals surface area (Å²) in [6, 6.07) is 7.41. The van der Waals surface area contributed by atoms with Crippen LogP contribution in [0.5, 0.6) is 0 Å². The van der Waals surface area contributed by atoms with Crippen LogP contribution in [0, 0.1) is 23.7 Å². The van der Waals surface area contributed by atoms with Crippen molar-refractivity contribution in [2.45, 2.75) is 25.7 Å². The number of imide groups is 1. The van der Waals surface area contributed by atoms with Crippen LogP contribution in [-0.2, 0) is 28.7 Å². The summed E-state index contributed by atoms with van der Waals surface area (Å²) in [5, 5.41) is 2.40. The topological polar surface area (TPSA) is 98.8 Å². The first-order valence-corrected chi connectivity index (χ1v) is 9.28. The highest BCUT2D eigenvalue weighted by atomic mass is 16.5. The van der Waals surface area contributed by atoms with Crippen LogP contribution in [0.25, 0.3) is 0 Å². The lowest BCUT2D eigenvalue weighted by molar-refractivity contribution is -0.170. The second-order valence-corrected chi connectivity index (χ2v) is 7.14. The summed E-state index contributed by atoms with van der Waals surface area (Å²) in [4.78, 5) is 50.8. The van der Waals surface area contributed by atoms with Crippen LogP contribution < -0.4 is 5.32 Å². The third-order valence-corrected chi connectivity index (χ3v) is 6.01. The summed E-state index contributed by atoms with van der Waals surface area (Å²) in [5.41, 5.74) is 1.68. The molecule has 3 aliphatic carbocycles. The zero-order valence-corrected chi connectivity index (χ0v) is 15.1. The van der Waals surface area contributed by atoms with Crippen LogP contribution in [0.4, 0.5) is 0 Å². The van der Waals surface area contributed by atoms with E-state index in [-0.39, 0.29) is 25.0 Å². The van der Waals surface area contributed by atoms with Crippen molar-refractivity contribution in [2.24, 2.45) is 23.7 Å². The molecule has 142 valence electrons. The fraction of sp³-hybridized carbons (Fsp3) is 0.500. The highest BCUT2D eigenvalue weighted by molar-refractivity contribution is 6.08. The van der Waals surface area contributed by atoms with E-state index in [4.69, 9.17) is 9.47 Å². The Morgan fingerprint density at radius 2 is 1.22 bits per heavy atom. The third kappa shape index (κ3) is 2.40. The lowest BCUT2D eigenvalue weighted by atomic mass is 9.49. The molecule has 27 heavy (non-hydrogen) atoms. The van der Waals surface area contributed by atoms with E-state index >= 15 is 0 Å². The summed E-state index contributed by atoms with van der Waals surface area (Å²) in [6.07, 6.45) is 0. The molecule has 7 nitrogen and oxygen atoms in total. The van der Waals surface area contributed by atoms with Crippen molar-refractivity contribution in [3.63, 3.8) is 0 Å². The fourth-order valence-electron chi connectivity index (χ4n) is 5.24. The van der Waals surface area contributed by atoms with Crippen molar-refractivity contribution in [1.29, 1.82) is 0 Å². The van der Waals surface area contributed by atoms with E-state index in [1.807, 2.05) is 24.3 Å². The normalized spacial score (nSPS) is 33.1. The predicted molar refractivity (Wildman–Crippen MR) is 92.3 cm³/mol. The van der Waals surface area contributed by atoms with Crippen LogP contribution in [0.1, 0.15) is 36.8 Å². The quantitative estimate of drug-likeness (QED) is 0.629. The maximum absolute atomic E-state index is 12.8. The lowest BCUT2D eigenvalue weighted by Gasteiger charge is -2.51. The van der Waals surface area contributed by atoms with Crippen molar-refractivity contribution >= 4 is 23.8 Å². The minimum absolute atomic E-state index is 0.170. The second-order valence-electron chi connectivity index (χ2n) is 7.14. The van der Waals surface area contributed by atoms with Gasteiger partial charge in [-0.25, -0.2) is 0 Å². The summed E-state index contributed by atoms with van der Waals surface area (Å²) in [6.45, 7) is 3.73. The van der Waals surface area contributed by atoms with Gasteiger partial charge in [-0.15, -0.1) is 0 Å². The summed E-state index contributed by atoms with van der Waals surface area (Å²) in [7, 11) is 0. The molecule has 1 aromatic carbocycles. The Balaban J connectivity index is 1.92. The second kappa shape index (κ2) is 6.48. The zero-order valence-electron chi connectivity index (χ0n) is 15.1. The number of ether oxygens (including phenoxy) is 2. The van der Waals surface area contributed by atoms with Crippen LogP contribution >= 0.6 is 0 Å². The number of esters is 2. The maximum Gasteiger partial charge on any atom is 0.310 e. The van der Waals surface area contributed by atoms with Gasteiger partial charge in [0.1, 0.15) is 0 Å². The number of hydrogen-bond donors (Lipinski definition) is 1. The van der Waals surface area contributed by atoms with Gasteiger partial charge in [-0.05, 0) is 25.0 Å². The predicted octanol–water partition coefficient (Wildman–Crippen LogP) is 1.13. The van der Waals surface area contributed by atoms with Crippen molar-refractivity contribution in [1.82, 2.24) is 5.32 Å². The van der Waals surface area contributed by atoms with Gasteiger partial charge in [-0.3, -0.25) is 24.5 Å². The molecule has 4 aliphatic rings. The van der Waals surface area contributed by atoms with E-state index in [1.54, 1.807) is 13.8 Å². The van der Waals surface area contributed by atoms with Crippen LogP contribution in [0.3, 0.4) is 0 Å². The molecule has 2 amide bonds. The van der Waals surface area contributed by atoms with Gasteiger partial charge in [0.25, 0.3) is 0 Å². The first kappa shape index (κ1) is 17.7. The average molecular weight is 371 g/mol. The fourth-order valence-corrected chi connectivity index (χ4v) is 5.24. The SMILES string of the molecule is CCOC(=O)[C@H]1[C@H](C(=O)OCC)[C@@H]2c3ccccc3[C@H]1[C@H]1C(=O)NC(=O)[C@H]12. The Labute approximate surface area is 156 Å². The molecule has 0 aromatic heterocycles. The highest BCUT2D eigenvalue weighted by Crippen LogP contribution is 2.62. The number of amides is 2. The van der Waals surface area contributed by atoms with Gasteiger partial charge in [-0.2, -0.15) is 0 Å². The molecular weight excluding hydrogens is 350 g/mol. The minimum atomic E-state index is -0.846. The van der Waals surface area contributed by atoms with Gasteiger partial charge in [-0.1, -0.05) is 24.3 Å². The highest BCUT2D eigenvalue weighted by Gasteiger charge is 2.67. The molecular formula is C20H21NO6. The number of carbonyl (C=O) groups excluding carboxylic acids is 4. The summed E-state index contributed by atoms with van der Waals surface area (Å²) in [5.74, 6) is -6.01. The summed E-state index contributed by atoms with van der Waals surface area (Å²) >= 11 is 0. The van der Waals surface area contributed by atoms with E-state index in [9.17, 15) is 19.2 Å². The van der Waals surface area contributed by atoms with Crippen LogP contribution in [0.2, 0.25) is 0 Å². The number of benzene rings is 1. The maximum atomic E-state index is 12.8. The molecule has 2 bridgehead atoms. The molecule has 1 saturated heterocycles. The van der Waals surface area contributed by atoms with E-state index in [1.165, 1.54) is 0 Å². The molecule has 0 unspecified atom stereocenters. The average Bonchev–Trinajstić information content (AvgIpc) is 2.96. The molecule has 1 N–H and O–H groups in total. The van der Waals surface area contributed by atoms with Gasteiger partial charge in [0.2, 0.25) is 11.8 Å². The van der Waals surface area contributed by atoms with E-state index in [0.717, 1.165) is 11.1 Å². The van der Waals surface area contributed by atoms with E-state index < -0.39 is 47.4 Å². The van der Waals surface area contributed by atoms with Crippen molar-refractivity contribution in [3.05, 3.63) is 35.4 Å². The Bertz CT molecular complexity index is 767. The van der Waals surface area contributed by atoms with Gasteiger partial charge in [0, 0.05) is 11.8 Å². The lowest BCUT2D eigenvalue weighted by Crippen LogP contribution is -2.55. The van der Waals surface area contributed by atoms with E-state index in [0.29, 0.717) is 0 Å². The molecule has 1 aliphatic heterocycles. The van der Waals surface area contributed by atoms with Gasteiger partial charge in [0.15, 0.2) is 0 Å². The largest absolute Gasteiger partial charge is 0.466 e. The number of hydrogen-bond acceptors (Lipinski definition) is 6. The number of rotatable bonds is 4. The molecule has 1 heterocycles. The Hall–Kier alpha value is -2.70. The number of carbonyl (C=O) groups is 4. The Morgan fingerprint density at radius 1 is 0.815 bits per heavy atom. The molecule has 7 heteroatoms.